The van der Waals surface area contributed by atoms with Crippen LogP contribution in [0.3, 0.4) is 0 Å². The summed E-state index contributed by atoms with van der Waals surface area (Å²) < 4.78 is 46.8. The average Bonchev–Trinajstić information content (AvgIpc) is 0.687. The molecule has 6 heteroatoms. The molecule has 0 bridgehead atoms. The summed E-state index contributed by atoms with van der Waals surface area (Å²) in [5.41, 5.74) is 25.4. The van der Waals surface area contributed by atoms with Gasteiger partial charge in [0.25, 0.3) is 6.71 Å². The number of aromatic nitrogens is 3. The molecule has 0 N–H and O–H groups in total. The molecule has 2 aliphatic rings. The van der Waals surface area contributed by atoms with E-state index in [0.717, 1.165) is 128 Å². The summed E-state index contributed by atoms with van der Waals surface area (Å²) in [5.74, 6) is 1.46. The predicted molar refractivity (Wildman–Crippen MR) is 438 cm³/mol. The largest absolute Gasteiger partial charge is 0.311 e. The summed E-state index contributed by atoms with van der Waals surface area (Å²) in [6, 6.07) is 96.2. The van der Waals surface area contributed by atoms with E-state index in [1.807, 2.05) is 66.7 Å². The van der Waals surface area contributed by atoms with Crippen molar-refractivity contribution in [3.05, 3.63) is 325 Å². The molecule has 0 unspecified atom stereocenters. The summed E-state index contributed by atoms with van der Waals surface area (Å²) in [4.78, 5) is 21.6. The third-order valence-corrected chi connectivity index (χ3v) is 20.6. The van der Waals surface area contributed by atoms with Gasteiger partial charge in [-0.1, -0.05) is 338 Å². The Kier molecular flexibility index (Phi) is 15.1. The van der Waals surface area contributed by atoms with Crippen molar-refractivity contribution < 1.29 is 6.85 Å². The molecule has 1 aromatic heterocycles. The number of nitrogens with zero attached hydrogens (tertiary/aromatic N) is 5. The van der Waals surface area contributed by atoms with Gasteiger partial charge in [-0.3, -0.25) is 0 Å². The van der Waals surface area contributed by atoms with Crippen molar-refractivity contribution in [3.63, 3.8) is 0 Å². The molecule has 0 saturated heterocycles. The minimum Gasteiger partial charge on any atom is -0.311 e. The number of hydrogen-bond acceptors (Lipinski definition) is 5. The van der Waals surface area contributed by atoms with Gasteiger partial charge in [0.2, 0.25) is 0 Å². The summed E-state index contributed by atoms with van der Waals surface area (Å²) in [6.07, 6.45) is 0. The molecule has 103 heavy (non-hydrogen) atoms. The van der Waals surface area contributed by atoms with Crippen molar-refractivity contribution in [2.45, 2.75) is 105 Å². The molecule has 3 heterocycles. The molecule has 502 valence electrons. The van der Waals surface area contributed by atoms with Crippen molar-refractivity contribution in [2.75, 3.05) is 9.80 Å². The van der Waals surface area contributed by atoms with Gasteiger partial charge in [0, 0.05) is 50.6 Å². The lowest BCUT2D eigenvalue weighted by atomic mass is 9.33. The second-order valence-corrected chi connectivity index (χ2v) is 31.7. The van der Waals surface area contributed by atoms with Crippen LogP contribution >= 0.6 is 0 Å². The van der Waals surface area contributed by atoms with E-state index in [9.17, 15) is 5.48 Å². The molecule has 14 aromatic rings. The van der Waals surface area contributed by atoms with E-state index < -0.39 is 30.3 Å². The Morgan fingerprint density at radius 3 is 1.24 bits per heavy atom. The van der Waals surface area contributed by atoms with Gasteiger partial charge in [-0.2, -0.15) is 0 Å². The fraction of sp³-hybridized carbons (Fsp3) is 0.165. The van der Waals surface area contributed by atoms with Crippen LogP contribution in [0.1, 0.15) is 112 Å². The molecular weight excluding hydrogens is 1250 g/mol. The second-order valence-electron chi connectivity index (χ2n) is 31.7. The lowest BCUT2D eigenvalue weighted by Crippen LogP contribution is -2.61. The van der Waals surface area contributed by atoms with Crippen LogP contribution in [-0.4, -0.2) is 21.7 Å². The normalized spacial score (nSPS) is 13.5. The fourth-order valence-corrected chi connectivity index (χ4v) is 14.9. The molecule has 2 aliphatic heterocycles. The van der Waals surface area contributed by atoms with Gasteiger partial charge in [-0.25, -0.2) is 15.0 Å². The van der Waals surface area contributed by atoms with Crippen molar-refractivity contribution >= 4 is 57.2 Å². The van der Waals surface area contributed by atoms with Gasteiger partial charge >= 0.3 is 0 Å². The first-order chi connectivity index (χ1) is 51.7. The first-order valence-electron chi connectivity index (χ1n) is 38.4. The molecular formula is C97H86BN5. The van der Waals surface area contributed by atoms with Crippen LogP contribution in [0.4, 0.5) is 34.1 Å². The van der Waals surface area contributed by atoms with Crippen molar-refractivity contribution in [1.82, 2.24) is 15.0 Å². The lowest BCUT2D eigenvalue weighted by molar-refractivity contribution is 0.569. The van der Waals surface area contributed by atoms with Gasteiger partial charge in [0.05, 0.1) is 18.2 Å². The summed E-state index contributed by atoms with van der Waals surface area (Å²) in [7, 11) is 0. The zero-order valence-electron chi connectivity index (χ0n) is 65.8. The van der Waals surface area contributed by atoms with Crippen molar-refractivity contribution in [2.24, 2.45) is 0 Å². The highest BCUT2D eigenvalue weighted by atomic mass is 15.2. The molecule has 0 spiro atoms. The molecule has 13 aromatic carbocycles. The molecule has 0 atom stereocenters. The first kappa shape index (κ1) is 60.3. The van der Waals surface area contributed by atoms with Crippen LogP contribution in [-0.2, 0) is 21.7 Å². The Bertz CT molecular complexity index is 5740. The van der Waals surface area contributed by atoms with Crippen LogP contribution in [0.5, 0.6) is 0 Å². The van der Waals surface area contributed by atoms with Gasteiger partial charge in [0.1, 0.15) is 0 Å². The molecule has 16 rings (SSSR count). The zero-order chi connectivity index (χ0) is 75.5. The topological polar surface area (TPSA) is 45.2 Å². The quantitative estimate of drug-likeness (QED) is 0.121. The van der Waals surface area contributed by atoms with Gasteiger partial charge in [-0.15, -0.1) is 0 Å². The van der Waals surface area contributed by atoms with Crippen LogP contribution in [0.15, 0.2) is 303 Å². The highest BCUT2D eigenvalue weighted by Crippen LogP contribution is 2.54. The second kappa shape index (κ2) is 25.9. The lowest BCUT2D eigenvalue weighted by Gasteiger charge is -2.46. The minimum absolute atomic E-state index is 0.102. The van der Waals surface area contributed by atoms with Crippen LogP contribution in [0.25, 0.3) is 101 Å². The summed E-state index contributed by atoms with van der Waals surface area (Å²) >= 11 is 0. The van der Waals surface area contributed by atoms with E-state index in [-0.39, 0.29) is 33.9 Å². The van der Waals surface area contributed by atoms with Crippen LogP contribution in [0.2, 0.25) is 0 Å². The molecule has 0 amide bonds. The summed E-state index contributed by atoms with van der Waals surface area (Å²) in [5, 5.41) is 0. The van der Waals surface area contributed by atoms with Gasteiger partial charge < -0.3 is 9.80 Å². The number of fused-ring (bicyclic) bond motifs is 4. The minimum atomic E-state index is -0.489. The zero-order valence-corrected chi connectivity index (χ0v) is 60.8. The maximum atomic E-state index is 9.74. The first-order valence-corrected chi connectivity index (χ1v) is 35.9. The van der Waals surface area contributed by atoms with Gasteiger partial charge in [-0.05, 0) is 164 Å². The van der Waals surface area contributed by atoms with Crippen molar-refractivity contribution in [3.8, 4) is 101 Å². The van der Waals surface area contributed by atoms with E-state index in [2.05, 4.69) is 299 Å². The van der Waals surface area contributed by atoms with E-state index in [0.29, 0.717) is 23.0 Å². The van der Waals surface area contributed by atoms with E-state index >= 15 is 0 Å². The Hall–Kier alpha value is -11.5. The fourth-order valence-electron chi connectivity index (χ4n) is 14.9. The Morgan fingerprint density at radius 1 is 0.262 bits per heavy atom. The molecule has 0 aliphatic carbocycles. The number of benzene rings is 13. The van der Waals surface area contributed by atoms with Crippen LogP contribution in [0, 0.1) is 0 Å². The third-order valence-electron chi connectivity index (χ3n) is 20.6. The Morgan fingerprint density at radius 2 is 0.680 bits per heavy atom. The number of rotatable bonds is 11. The van der Waals surface area contributed by atoms with Crippen molar-refractivity contribution in [1.29, 1.82) is 0 Å². The molecule has 0 fully saturated rings. The maximum Gasteiger partial charge on any atom is 0.252 e. The number of anilines is 6. The number of hydrogen-bond donors (Lipinski definition) is 0. The molecule has 0 saturated carbocycles. The van der Waals surface area contributed by atoms with Crippen LogP contribution < -0.4 is 26.2 Å². The highest BCUT2D eigenvalue weighted by molar-refractivity contribution is 7.00. The average molecular weight is 1340 g/mol. The highest BCUT2D eigenvalue weighted by Gasteiger charge is 2.46. The molecule has 5 nitrogen and oxygen atoms in total. The Balaban J connectivity index is 1.12. The smallest absolute Gasteiger partial charge is 0.252 e. The summed E-state index contributed by atoms with van der Waals surface area (Å²) in [6.45, 7) is 26.8. The standard InChI is InChI=1S/C97H86BN5/c1-94(2,3)75-45-31-44-69(52-75)74-58-87-89-88(59-74)103(90-80(66-38-25-16-26-39-66)61-78(97(10,11)12)62-81(90)93-100-91(67-40-27-17-28-41-67)99-92(101-93)68-42-29-18-30-43-68)86-57-72(64-34-21-14-22-35-64)46-49-82(86)98(89)83-56-71(73-53-76(95(4,5)6)60-77(54-73)96(7,8)9)48-51-85(83)102(87)84-50-47-70(63-32-19-13-20-33-63)55-79(84)65-36-23-15-24-37-65/h13-62H,1-12H3/i14D,21D,22D,34D,35D. The van der Waals surface area contributed by atoms with E-state index in [1.54, 1.807) is 0 Å². The van der Waals surface area contributed by atoms with E-state index in [1.165, 1.54) is 16.7 Å². The SMILES string of the molecule is [2H]c1c([2H])c([2H])c(-c2ccc3c(c2)N(c2c(-c4ccccc4)cc(C(C)(C)C)cc2-c2nc(-c4ccccc4)nc(-c4ccccc4)n2)c2cc(-c4cccc(C(C)(C)C)c4)cc4c2B3c2cc(-c3cc(C(C)(C)C)cc(C(C)(C)C)c3)ccc2N4c2ccc(-c3ccccc3)cc2-c2ccccc2)c([2H])c1[2H]. The predicted octanol–water partition coefficient (Wildman–Crippen LogP) is 24.1. The monoisotopic (exact) mass is 1340 g/mol. The van der Waals surface area contributed by atoms with Gasteiger partial charge in [0.15, 0.2) is 17.5 Å². The maximum absolute atomic E-state index is 9.74. The van der Waals surface area contributed by atoms with E-state index in [4.69, 9.17) is 16.3 Å². The molecule has 0 radical (unpaired) electrons. The third kappa shape index (κ3) is 12.6. The Labute approximate surface area is 616 Å².